The summed E-state index contributed by atoms with van der Waals surface area (Å²) in [7, 11) is 0. The maximum atomic E-state index is 12.9. The van der Waals surface area contributed by atoms with Crippen LogP contribution in [-0.4, -0.2) is 44.2 Å². The predicted molar refractivity (Wildman–Crippen MR) is 87.9 cm³/mol. The molecule has 0 bridgehead atoms. The Labute approximate surface area is 138 Å². The molecule has 23 heavy (non-hydrogen) atoms. The highest BCUT2D eigenvalue weighted by molar-refractivity contribution is 7.12. The molecule has 1 amide bonds. The molecule has 5 nitrogen and oxygen atoms in total. The number of morpholine rings is 1. The van der Waals surface area contributed by atoms with Gasteiger partial charge in [-0.05, 0) is 11.4 Å². The van der Waals surface area contributed by atoms with Crippen LogP contribution in [0.2, 0.25) is 0 Å². The topological polar surface area (TPSA) is 59.8 Å². The summed E-state index contributed by atoms with van der Waals surface area (Å²) in [5.74, 6) is -0.263. The first-order chi connectivity index (χ1) is 11.3. The number of ketones is 1. The quantitative estimate of drug-likeness (QED) is 0.789. The van der Waals surface area contributed by atoms with Gasteiger partial charge in [0.25, 0.3) is 5.91 Å². The third-order valence-electron chi connectivity index (χ3n) is 3.88. The van der Waals surface area contributed by atoms with Crippen LogP contribution in [0.3, 0.4) is 0 Å². The van der Waals surface area contributed by atoms with Gasteiger partial charge >= 0.3 is 0 Å². The second kappa shape index (κ2) is 7.50. The van der Waals surface area contributed by atoms with Crippen molar-refractivity contribution in [1.82, 2.24) is 5.32 Å². The van der Waals surface area contributed by atoms with E-state index in [4.69, 9.17) is 4.74 Å². The summed E-state index contributed by atoms with van der Waals surface area (Å²) < 4.78 is 5.37. The van der Waals surface area contributed by atoms with Crippen molar-refractivity contribution in [3.05, 3.63) is 58.3 Å². The minimum absolute atomic E-state index is 0.0626. The minimum Gasteiger partial charge on any atom is -0.370 e. The fourth-order valence-corrected chi connectivity index (χ4v) is 3.28. The summed E-state index contributed by atoms with van der Waals surface area (Å²) in [6, 6.07) is 12.7. The number of nitrogens with one attached hydrogen (secondary N) is 2. The number of quaternary nitrogens is 1. The maximum Gasteiger partial charge on any atom is 0.266 e. The number of benzene rings is 1. The number of carbonyl (C=O) groups excluding carboxylic acids is 2. The Morgan fingerprint density at radius 3 is 2.48 bits per heavy atom. The SMILES string of the molecule is O=C(NC(C(=O)c1ccccc1)[NH+]1CCOCC1)c1cccs1. The molecule has 1 atom stereocenters. The van der Waals surface area contributed by atoms with Crippen LogP contribution in [0.25, 0.3) is 0 Å². The second-order valence-electron chi connectivity index (χ2n) is 5.38. The molecule has 3 rings (SSSR count). The van der Waals surface area contributed by atoms with Crippen molar-refractivity contribution in [3.63, 3.8) is 0 Å². The highest BCUT2D eigenvalue weighted by atomic mass is 32.1. The number of Topliss-reactive ketones (excluding diaryl/α,β-unsaturated/α-hetero) is 1. The van der Waals surface area contributed by atoms with Crippen LogP contribution >= 0.6 is 11.3 Å². The minimum atomic E-state index is -0.587. The average molecular weight is 331 g/mol. The van der Waals surface area contributed by atoms with Crippen molar-refractivity contribution in [2.24, 2.45) is 0 Å². The molecular weight excluding hydrogens is 312 g/mol. The zero-order valence-electron chi connectivity index (χ0n) is 12.7. The molecule has 1 unspecified atom stereocenters. The highest BCUT2D eigenvalue weighted by Gasteiger charge is 2.33. The van der Waals surface area contributed by atoms with Crippen molar-refractivity contribution >= 4 is 23.0 Å². The number of rotatable bonds is 5. The summed E-state index contributed by atoms with van der Waals surface area (Å²) in [5.41, 5.74) is 0.614. The molecule has 1 aliphatic rings. The number of thiophene rings is 1. The molecule has 0 aliphatic carbocycles. The summed E-state index contributed by atoms with van der Waals surface area (Å²) in [6.45, 7) is 2.60. The van der Waals surface area contributed by atoms with Crippen molar-refractivity contribution in [2.75, 3.05) is 26.3 Å². The van der Waals surface area contributed by atoms with Gasteiger partial charge in [-0.3, -0.25) is 14.9 Å². The number of hydrogen-bond donors (Lipinski definition) is 2. The van der Waals surface area contributed by atoms with E-state index in [0.717, 1.165) is 4.90 Å². The predicted octanol–water partition coefficient (Wildman–Crippen LogP) is 0.602. The highest BCUT2D eigenvalue weighted by Crippen LogP contribution is 2.09. The van der Waals surface area contributed by atoms with Crippen molar-refractivity contribution in [2.45, 2.75) is 6.17 Å². The standard InChI is InChI=1S/C17H18N2O3S/c20-15(13-5-2-1-3-6-13)16(19-8-10-22-11-9-19)18-17(21)14-7-4-12-23-14/h1-7,12,16H,8-11H2,(H,18,21)/p+1. The molecule has 1 fully saturated rings. The molecule has 2 heterocycles. The van der Waals surface area contributed by atoms with E-state index in [0.29, 0.717) is 36.7 Å². The smallest absolute Gasteiger partial charge is 0.266 e. The lowest BCUT2D eigenvalue weighted by Gasteiger charge is -2.30. The van der Waals surface area contributed by atoms with Crippen molar-refractivity contribution < 1.29 is 19.2 Å². The molecular formula is C17H19N2O3S+. The summed E-state index contributed by atoms with van der Waals surface area (Å²) in [6.07, 6.45) is -0.587. The lowest BCUT2D eigenvalue weighted by Crippen LogP contribution is -3.20. The summed E-state index contributed by atoms with van der Waals surface area (Å²) >= 11 is 1.37. The van der Waals surface area contributed by atoms with Gasteiger partial charge in [-0.25, -0.2) is 0 Å². The number of hydrogen-bond acceptors (Lipinski definition) is 4. The van der Waals surface area contributed by atoms with Crippen LogP contribution in [0.15, 0.2) is 47.8 Å². The lowest BCUT2D eigenvalue weighted by atomic mass is 10.1. The Hall–Kier alpha value is -2.02. The molecule has 120 valence electrons. The zero-order valence-corrected chi connectivity index (χ0v) is 13.5. The van der Waals surface area contributed by atoms with Crippen LogP contribution in [0.4, 0.5) is 0 Å². The van der Waals surface area contributed by atoms with Gasteiger partial charge in [0, 0.05) is 5.56 Å². The largest absolute Gasteiger partial charge is 0.370 e. The van der Waals surface area contributed by atoms with Gasteiger partial charge in [-0.2, -0.15) is 0 Å². The monoisotopic (exact) mass is 331 g/mol. The molecule has 1 aromatic carbocycles. The van der Waals surface area contributed by atoms with Crippen LogP contribution in [0, 0.1) is 0 Å². The van der Waals surface area contributed by atoms with Crippen LogP contribution in [0.1, 0.15) is 20.0 Å². The van der Waals surface area contributed by atoms with E-state index in [-0.39, 0.29) is 11.7 Å². The van der Waals surface area contributed by atoms with Gasteiger partial charge in [0.1, 0.15) is 13.1 Å². The van der Waals surface area contributed by atoms with Gasteiger partial charge in [0.2, 0.25) is 11.9 Å². The lowest BCUT2D eigenvalue weighted by molar-refractivity contribution is -0.925. The molecule has 2 N–H and O–H groups in total. The number of carbonyl (C=O) groups is 2. The first-order valence-corrected chi connectivity index (χ1v) is 8.49. The first-order valence-electron chi connectivity index (χ1n) is 7.61. The zero-order chi connectivity index (χ0) is 16.1. The van der Waals surface area contributed by atoms with E-state index in [1.165, 1.54) is 11.3 Å². The van der Waals surface area contributed by atoms with E-state index < -0.39 is 6.17 Å². The molecule has 0 saturated carbocycles. The van der Waals surface area contributed by atoms with E-state index in [1.807, 2.05) is 29.6 Å². The number of amides is 1. The molecule has 0 radical (unpaired) electrons. The van der Waals surface area contributed by atoms with E-state index in [1.54, 1.807) is 18.2 Å². The normalized spacial score (nSPS) is 16.7. The Morgan fingerprint density at radius 2 is 1.83 bits per heavy atom. The van der Waals surface area contributed by atoms with Gasteiger partial charge in [-0.15, -0.1) is 11.3 Å². The number of ether oxygens (including phenoxy) is 1. The molecule has 0 spiro atoms. The van der Waals surface area contributed by atoms with Crippen LogP contribution in [0.5, 0.6) is 0 Å². The Morgan fingerprint density at radius 1 is 1.09 bits per heavy atom. The Bertz CT molecular complexity index is 652. The fraction of sp³-hybridized carbons (Fsp3) is 0.294. The van der Waals surface area contributed by atoms with Crippen molar-refractivity contribution in [3.8, 4) is 0 Å². The molecule has 6 heteroatoms. The molecule has 2 aromatic rings. The first kappa shape index (κ1) is 15.9. The van der Waals surface area contributed by atoms with Gasteiger partial charge in [-0.1, -0.05) is 36.4 Å². The fourth-order valence-electron chi connectivity index (χ4n) is 2.65. The van der Waals surface area contributed by atoms with E-state index >= 15 is 0 Å². The third-order valence-corrected chi connectivity index (χ3v) is 4.75. The van der Waals surface area contributed by atoms with Gasteiger partial charge in [0.15, 0.2) is 0 Å². The van der Waals surface area contributed by atoms with Gasteiger partial charge < -0.3 is 9.64 Å². The van der Waals surface area contributed by atoms with Crippen LogP contribution in [-0.2, 0) is 4.74 Å². The van der Waals surface area contributed by atoms with E-state index in [2.05, 4.69) is 5.32 Å². The Balaban J connectivity index is 1.81. The average Bonchev–Trinajstić information content (AvgIpc) is 3.15. The molecule has 1 saturated heterocycles. The Kier molecular flexibility index (Phi) is 5.17. The van der Waals surface area contributed by atoms with E-state index in [9.17, 15) is 9.59 Å². The van der Waals surface area contributed by atoms with Crippen molar-refractivity contribution in [1.29, 1.82) is 0 Å². The summed E-state index contributed by atoms with van der Waals surface area (Å²) in [5, 5.41) is 4.77. The van der Waals surface area contributed by atoms with Gasteiger partial charge in [0.05, 0.1) is 18.1 Å². The molecule has 1 aliphatic heterocycles. The summed E-state index contributed by atoms with van der Waals surface area (Å²) in [4.78, 5) is 26.9. The molecule has 1 aromatic heterocycles. The van der Waals surface area contributed by atoms with Crippen LogP contribution < -0.4 is 10.2 Å². The second-order valence-corrected chi connectivity index (χ2v) is 6.33. The maximum absolute atomic E-state index is 12.9. The third kappa shape index (κ3) is 3.85.